The standard InChI is InChI=1S/C25H37F17O9Si/c1-17(18(26,27)19(28,29)20(30,31)21(32,33)22(34,35)23(36,37)24(38,39)25(40,41)42)52(49-14-11-46-8-5-43-2,50-15-12-47-9-6-44-3)51-16-13-48-10-7-45-4/h17H,5-16H2,1-4H3. The minimum Gasteiger partial charge on any atom is -0.382 e. The van der Waals surface area contributed by atoms with Gasteiger partial charge in [-0.25, -0.2) is 0 Å². The van der Waals surface area contributed by atoms with Crippen molar-refractivity contribution >= 4 is 8.80 Å². The number of rotatable bonds is 29. The number of hydrogen-bond donors (Lipinski definition) is 0. The van der Waals surface area contributed by atoms with Crippen LogP contribution in [0.5, 0.6) is 0 Å². The summed E-state index contributed by atoms with van der Waals surface area (Å²) in [4.78, 5) is 0. The molecule has 0 bridgehead atoms. The molecule has 1 atom stereocenters. The number of alkyl halides is 17. The first-order valence-electron chi connectivity index (χ1n) is 14.4. The van der Waals surface area contributed by atoms with E-state index in [2.05, 4.69) is 14.2 Å². The molecule has 314 valence electrons. The highest BCUT2D eigenvalue weighted by atomic mass is 28.4. The molecule has 52 heavy (non-hydrogen) atoms. The molecule has 0 N–H and O–H groups in total. The van der Waals surface area contributed by atoms with Gasteiger partial charge in [0.05, 0.1) is 84.8 Å². The molecule has 0 aromatic heterocycles. The molecule has 0 heterocycles. The Morgan fingerprint density at radius 2 is 0.615 bits per heavy atom. The van der Waals surface area contributed by atoms with Gasteiger partial charge in [-0.3, -0.25) is 0 Å². The van der Waals surface area contributed by atoms with Crippen LogP contribution in [0, 0.1) is 0 Å². The lowest BCUT2D eigenvalue weighted by atomic mass is 9.88. The van der Waals surface area contributed by atoms with Crippen molar-refractivity contribution in [1.29, 1.82) is 0 Å². The minimum atomic E-state index is -8.78. The quantitative estimate of drug-likeness (QED) is 0.0486. The van der Waals surface area contributed by atoms with Crippen LogP contribution >= 0.6 is 0 Å². The van der Waals surface area contributed by atoms with Crippen LogP contribution in [0.3, 0.4) is 0 Å². The zero-order valence-electron chi connectivity index (χ0n) is 27.7. The minimum absolute atomic E-state index is 0.0736. The zero-order chi connectivity index (χ0) is 40.9. The summed E-state index contributed by atoms with van der Waals surface area (Å²) in [5, 5.41) is 0. The Balaban J connectivity index is 7.07. The lowest BCUT2D eigenvalue weighted by Crippen LogP contribution is -2.75. The summed E-state index contributed by atoms with van der Waals surface area (Å²) >= 11 is 0. The Hall–Kier alpha value is -1.33. The molecule has 0 saturated heterocycles. The molecule has 0 aliphatic rings. The fraction of sp³-hybridized carbons (Fsp3) is 1.00. The molecule has 0 spiro atoms. The third-order valence-corrected chi connectivity index (χ3v) is 9.95. The van der Waals surface area contributed by atoms with Crippen LogP contribution in [-0.2, 0) is 41.7 Å². The predicted molar refractivity (Wildman–Crippen MR) is 142 cm³/mol. The van der Waals surface area contributed by atoms with Crippen LogP contribution in [0.25, 0.3) is 0 Å². The highest BCUT2D eigenvalue weighted by Gasteiger charge is 2.95. The van der Waals surface area contributed by atoms with Crippen LogP contribution in [0.2, 0.25) is 5.54 Å². The third kappa shape index (κ3) is 10.9. The van der Waals surface area contributed by atoms with Gasteiger partial charge in [-0.1, -0.05) is 6.92 Å². The van der Waals surface area contributed by atoms with Crippen LogP contribution in [0.1, 0.15) is 6.92 Å². The van der Waals surface area contributed by atoms with Crippen molar-refractivity contribution in [2.24, 2.45) is 0 Å². The highest BCUT2D eigenvalue weighted by Crippen LogP contribution is 2.65. The molecule has 1 unspecified atom stereocenters. The van der Waals surface area contributed by atoms with Gasteiger partial charge in [0.25, 0.3) is 0 Å². The Morgan fingerprint density at radius 1 is 0.365 bits per heavy atom. The molecule has 27 heteroatoms. The molecule has 0 amide bonds. The first-order chi connectivity index (χ1) is 23.6. The number of halogens is 17. The Morgan fingerprint density at radius 3 is 0.885 bits per heavy atom. The maximum absolute atomic E-state index is 15.6. The van der Waals surface area contributed by atoms with Crippen molar-refractivity contribution in [3.05, 3.63) is 0 Å². The average molecular weight is 833 g/mol. The molecule has 0 rings (SSSR count). The van der Waals surface area contributed by atoms with Crippen LogP contribution in [0.4, 0.5) is 74.6 Å². The van der Waals surface area contributed by atoms with E-state index in [1.807, 2.05) is 0 Å². The fourth-order valence-corrected chi connectivity index (χ4v) is 6.36. The maximum Gasteiger partial charge on any atom is 0.510 e. The molecular formula is C25H37F17O9Si. The summed E-state index contributed by atoms with van der Waals surface area (Å²) in [6.45, 7) is -5.90. The van der Waals surface area contributed by atoms with E-state index in [9.17, 15) is 57.1 Å². The van der Waals surface area contributed by atoms with Gasteiger partial charge in [-0.05, 0) is 0 Å². The summed E-state index contributed by atoms with van der Waals surface area (Å²) in [6, 6.07) is 0. The van der Waals surface area contributed by atoms with Gasteiger partial charge < -0.3 is 41.7 Å². The van der Waals surface area contributed by atoms with Gasteiger partial charge in [-0.15, -0.1) is 0 Å². The van der Waals surface area contributed by atoms with Crippen molar-refractivity contribution in [2.45, 2.75) is 60.1 Å². The second-order valence-corrected chi connectivity index (χ2v) is 13.2. The molecule has 0 fully saturated rings. The molecule has 0 aliphatic carbocycles. The SMILES string of the molecule is COCCOCCO[Si](OCCOCCOC)(OCCOCCOC)C(C)C(F)(F)C(F)(F)C(F)(F)C(F)(F)C(F)(F)C(F)(F)C(F)(F)C(F)(F)F. The van der Waals surface area contributed by atoms with Crippen LogP contribution in [0.15, 0.2) is 0 Å². The van der Waals surface area contributed by atoms with Gasteiger partial charge >= 0.3 is 56.4 Å². The third-order valence-electron chi connectivity index (χ3n) is 6.71. The van der Waals surface area contributed by atoms with E-state index in [-0.39, 0.29) is 46.6 Å². The first-order valence-corrected chi connectivity index (χ1v) is 16.2. The number of ether oxygens (including phenoxy) is 6. The van der Waals surface area contributed by atoms with E-state index >= 15 is 17.6 Å². The zero-order valence-corrected chi connectivity index (χ0v) is 28.7. The van der Waals surface area contributed by atoms with Crippen molar-refractivity contribution < 1.29 is 116 Å². The molecule has 0 radical (unpaired) electrons. The molecule has 0 aromatic carbocycles. The summed E-state index contributed by atoms with van der Waals surface area (Å²) in [5.41, 5.74) is -3.76. The van der Waals surface area contributed by atoms with Crippen LogP contribution < -0.4 is 0 Å². The van der Waals surface area contributed by atoms with Gasteiger partial charge in [-0.2, -0.15) is 74.6 Å². The van der Waals surface area contributed by atoms with E-state index in [0.29, 0.717) is 0 Å². The molecule has 9 nitrogen and oxygen atoms in total. The fourth-order valence-electron chi connectivity index (χ4n) is 3.63. The van der Waals surface area contributed by atoms with Crippen molar-refractivity contribution in [3.63, 3.8) is 0 Å². The van der Waals surface area contributed by atoms with Gasteiger partial charge in [0.15, 0.2) is 0 Å². The maximum atomic E-state index is 15.6. The topological polar surface area (TPSA) is 83.1 Å². The smallest absolute Gasteiger partial charge is 0.382 e. The van der Waals surface area contributed by atoms with E-state index in [1.54, 1.807) is 0 Å². The average Bonchev–Trinajstić information content (AvgIpc) is 3.04. The monoisotopic (exact) mass is 832 g/mol. The number of methoxy groups -OCH3 is 3. The van der Waals surface area contributed by atoms with E-state index in [4.69, 9.17) is 27.5 Å². The van der Waals surface area contributed by atoms with E-state index in [0.717, 1.165) is 0 Å². The summed E-state index contributed by atoms with van der Waals surface area (Å²) in [6.07, 6.45) is -7.86. The summed E-state index contributed by atoms with van der Waals surface area (Å²) in [5.74, 6) is -57.8. The lowest BCUT2D eigenvalue weighted by molar-refractivity contribution is -0.462. The molecule has 0 saturated carbocycles. The largest absolute Gasteiger partial charge is 0.510 e. The van der Waals surface area contributed by atoms with Crippen molar-refractivity contribution in [3.8, 4) is 0 Å². The van der Waals surface area contributed by atoms with E-state index < -0.39 is 102 Å². The first kappa shape index (κ1) is 50.7. The highest BCUT2D eigenvalue weighted by molar-refractivity contribution is 6.62. The van der Waals surface area contributed by atoms with Gasteiger partial charge in [0.2, 0.25) is 0 Å². The van der Waals surface area contributed by atoms with Gasteiger partial charge in [0, 0.05) is 21.3 Å². The summed E-state index contributed by atoms with van der Waals surface area (Å²) < 4.78 is 283. The molecule has 0 aliphatic heterocycles. The molecule has 0 aromatic rings. The second-order valence-electron chi connectivity index (χ2n) is 10.3. The van der Waals surface area contributed by atoms with Crippen LogP contribution in [-0.4, -0.2) is 157 Å². The van der Waals surface area contributed by atoms with Gasteiger partial charge in [0.1, 0.15) is 0 Å². The normalized spacial score (nSPS) is 15.4. The Labute approximate surface area is 286 Å². The van der Waals surface area contributed by atoms with E-state index in [1.165, 1.54) is 21.3 Å². The van der Waals surface area contributed by atoms with Crippen molar-refractivity contribution in [1.82, 2.24) is 0 Å². The van der Waals surface area contributed by atoms with Crippen molar-refractivity contribution in [2.75, 3.05) is 101 Å². The lowest BCUT2D eigenvalue weighted by Gasteiger charge is -2.45. The molecular weight excluding hydrogens is 795 g/mol. The summed E-state index contributed by atoms with van der Waals surface area (Å²) in [7, 11) is -2.19. The second kappa shape index (κ2) is 20.0. The Kier molecular flexibility index (Phi) is 19.5. The number of hydrogen-bond acceptors (Lipinski definition) is 9. The predicted octanol–water partition coefficient (Wildman–Crippen LogP) is 6.36. The Bertz CT molecular complexity index is 981.